The summed E-state index contributed by atoms with van der Waals surface area (Å²) in [6.45, 7) is 2.68. The molecule has 1 aromatic heterocycles. The first kappa shape index (κ1) is 22.3. The predicted octanol–water partition coefficient (Wildman–Crippen LogP) is 2.44. The topological polar surface area (TPSA) is 85.5 Å². The van der Waals surface area contributed by atoms with Gasteiger partial charge in [-0.3, -0.25) is 9.69 Å². The second-order valence-electron chi connectivity index (χ2n) is 7.89. The molecule has 1 aliphatic heterocycles. The number of fused-ring (bicyclic) bond motifs is 1. The van der Waals surface area contributed by atoms with Gasteiger partial charge in [0, 0.05) is 55.2 Å². The van der Waals surface area contributed by atoms with Crippen LogP contribution in [0.25, 0.3) is 17.0 Å². The smallest absolute Gasteiger partial charge is 0.236 e. The summed E-state index contributed by atoms with van der Waals surface area (Å²) in [5.41, 5.74) is 3.13. The molecule has 0 saturated carbocycles. The number of rotatable bonds is 8. The minimum atomic E-state index is -3.47. The van der Waals surface area contributed by atoms with Crippen LogP contribution in [0.1, 0.15) is 11.1 Å². The van der Waals surface area contributed by atoms with Crippen LogP contribution in [0.5, 0.6) is 0 Å². The van der Waals surface area contributed by atoms with E-state index in [4.69, 9.17) is 0 Å². The van der Waals surface area contributed by atoms with E-state index in [0.29, 0.717) is 32.7 Å². The zero-order valence-electron chi connectivity index (χ0n) is 17.9. The largest absolute Gasteiger partial charge is 0.361 e. The van der Waals surface area contributed by atoms with Crippen molar-refractivity contribution in [3.05, 3.63) is 77.3 Å². The van der Waals surface area contributed by atoms with Crippen LogP contribution in [-0.2, 0) is 21.2 Å². The molecule has 168 valence electrons. The van der Waals surface area contributed by atoms with Crippen LogP contribution in [0, 0.1) is 0 Å². The van der Waals surface area contributed by atoms with Crippen LogP contribution in [0.4, 0.5) is 0 Å². The summed E-state index contributed by atoms with van der Waals surface area (Å²) in [5.74, 6) is -0.0369. The molecule has 2 N–H and O–H groups in total. The first-order valence-electron chi connectivity index (χ1n) is 10.8. The number of benzene rings is 2. The summed E-state index contributed by atoms with van der Waals surface area (Å²) >= 11 is 0. The average molecular weight is 453 g/mol. The van der Waals surface area contributed by atoms with Crippen molar-refractivity contribution in [3.63, 3.8) is 0 Å². The first-order chi connectivity index (χ1) is 15.5. The molecule has 0 atom stereocenters. The van der Waals surface area contributed by atoms with Crippen molar-refractivity contribution < 1.29 is 13.2 Å². The lowest BCUT2D eigenvalue weighted by Crippen LogP contribution is -2.50. The highest BCUT2D eigenvalue weighted by molar-refractivity contribution is 7.92. The minimum absolute atomic E-state index is 0.0369. The number of para-hydroxylation sites is 1. The van der Waals surface area contributed by atoms with Gasteiger partial charge in [0.25, 0.3) is 0 Å². The molecule has 4 rings (SSSR count). The van der Waals surface area contributed by atoms with Gasteiger partial charge in [-0.25, -0.2) is 8.42 Å². The van der Waals surface area contributed by atoms with E-state index in [1.165, 1.54) is 20.7 Å². The molecule has 2 aromatic carbocycles. The van der Waals surface area contributed by atoms with Gasteiger partial charge < -0.3 is 10.3 Å². The van der Waals surface area contributed by atoms with Crippen LogP contribution in [0.3, 0.4) is 0 Å². The Labute approximate surface area is 188 Å². The Morgan fingerprint density at radius 2 is 1.72 bits per heavy atom. The SMILES string of the molecule is O=C(CN1CCN(S(=O)(=O)/C=C/c2ccccc2)CC1)NCCc1c[nH]c2ccccc12. The van der Waals surface area contributed by atoms with Gasteiger partial charge >= 0.3 is 0 Å². The molecular weight excluding hydrogens is 424 g/mol. The molecule has 1 saturated heterocycles. The Hall–Kier alpha value is -2.94. The van der Waals surface area contributed by atoms with Crippen LogP contribution < -0.4 is 5.32 Å². The van der Waals surface area contributed by atoms with Gasteiger partial charge in [-0.1, -0.05) is 48.5 Å². The van der Waals surface area contributed by atoms with E-state index < -0.39 is 10.0 Å². The molecule has 7 nitrogen and oxygen atoms in total. The summed E-state index contributed by atoms with van der Waals surface area (Å²) in [6.07, 6.45) is 4.36. The number of sulfonamides is 1. The molecule has 0 spiro atoms. The number of aromatic amines is 1. The standard InChI is InChI=1S/C24H28N4O3S/c29-24(25-12-10-21-18-26-23-9-5-4-8-22(21)23)19-27-13-15-28(16-14-27)32(30,31)17-11-20-6-2-1-3-7-20/h1-9,11,17-18,26H,10,12-16,19H2,(H,25,29)/b17-11+. The van der Waals surface area contributed by atoms with Crippen molar-refractivity contribution in [1.29, 1.82) is 0 Å². The van der Waals surface area contributed by atoms with E-state index in [0.717, 1.165) is 17.5 Å². The van der Waals surface area contributed by atoms with Crippen molar-refractivity contribution in [3.8, 4) is 0 Å². The molecule has 8 heteroatoms. The number of nitrogens with one attached hydrogen (secondary N) is 2. The number of amides is 1. The quantitative estimate of drug-likeness (QED) is 0.550. The number of piperazine rings is 1. The molecule has 2 heterocycles. The van der Waals surface area contributed by atoms with Crippen molar-refractivity contribution in [2.24, 2.45) is 0 Å². The fraction of sp³-hybridized carbons (Fsp3) is 0.292. The Morgan fingerprint density at radius 3 is 2.50 bits per heavy atom. The van der Waals surface area contributed by atoms with Crippen molar-refractivity contribution in [2.75, 3.05) is 39.3 Å². The molecule has 0 aliphatic carbocycles. The minimum Gasteiger partial charge on any atom is -0.361 e. The summed E-state index contributed by atoms with van der Waals surface area (Å²) < 4.78 is 26.6. The van der Waals surface area contributed by atoms with Gasteiger partial charge in [0.15, 0.2) is 0 Å². The van der Waals surface area contributed by atoms with Crippen molar-refractivity contribution >= 4 is 32.9 Å². The molecule has 32 heavy (non-hydrogen) atoms. The normalized spacial score (nSPS) is 16.0. The van der Waals surface area contributed by atoms with Crippen molar-refractivity contribution in [1.82, 2.24) is 19.5 Å². The highest BCUT2D eigenvalue weighted by Gasteiger charge is 2.25. The highest BCUT2D eigenvalue weighted by Crippen LogP contribution is 2.17. The predicted molar refractivity (Wildman–Crippen MR) is 127 cm³/mol. The Balaban J connectivity index is 1.20. The second kappa shape index (κ2) is 10.1. The maximum Gasteiger partial charge on any atom is 0.236 e. The van der Waals surface area contributed by atoms with Gasteiger partial charge in [-0.05, 0) is 29.7 Å². The highest BCUT2D eigenvalue weighted by atomic mass is 32.2. The fourth-order valence-electron chi connectivity index (χ4n) is 3.89. The van der Waals surface area contributed by atoms with E-state index in [1.807, 2.05) is 59.6 Å². The monoisotopic (exact) mass is 452 g/mol. The molecular formula is C24H28N4O3S. The number of H-pyrrole nitrogens is 1. The molecule has 0 radical (unpaired) electrons. The van der Waals surface area contributed by atoms with Gasteiger partial charge in [0.05, 0.1) is 6.54 Å². The summed E-state index contributed by atoms with van der Waals surface area (Å²) in [5, 5.41) is 5.42. The lowest BCUT2D eigenvalue weighted by atomic mass is 10.1. The van der Waals surface area contributed by atoms with Crippen LogP contribution in [0.2, 0.25) is 0 Å². The zero-order valence-corrected chi connectivity index (χ0v) is 18.7. The fourth-order valence-corrected chi connectivity index (χ4v) is 5.06. The third kappa shape index (κ3) is 5.64. The zero-order chi connectivity index (χ0) is 22.4. The maximum absolute atomic E-state index is 12.6. The maximum atomic E-state index is 12.6. The van der Waals surface area contributed by atoms with E-state index >= 15 is 0 Å². The van der Waals surface area contributed by atoms with E-state index in [-0.39, 0.29) is 12.5 Å². The molecule has 0 unspecified atom stereocenters. The van der Waals surface area contributed by atoms with Crippen LogP contribution >= 0.6 is 0 Å². The number of nitrogens with zero attached hydrogens (tertiary/aromatic N) is 2. The third-order valence-electron chi connectivity index (χ3n) is 5.68. The number of aromatic nitrogens is 1. The lowest BCUT2D eigenvalue weighted by molar-refractivity contribution is -0.122. The van der Waals surface area contributed by atoms with Gasteiger partial charge in [-0.2, -0.15) is 4.31 Å². The van der Waals surface area contributed by atoms with E-state index in [1.54, 1.807) is 6.08 Å². The van der Waals surface area contributed by atoms with Crippen LogP contribution in [-0.4, -0.2) is 67.8 Å². The summed E-state index contributed by atoms with van der Waals surface area (Å²) in [7, 11) is -3.47. The Bertz CT molecular complexity index is 1180. The first-order valence-corrected chi connectivity index (χ1v) is 12.3. The summed E-state index contributed by atoms with van der Waals surface area (Å²) in [4.78, 5) is 17.6. The Morgan fingerprint density at radius 1 is 1.00 bits per heavy atom. The lowest BCUT2D eigenvalue weighted by Gasteiger charge is -2.32. The average Bonchev–Trinajstić information content (AvgIpc) is 3.22. The molecule has 1 aliphatic rings. The number of hydrogen-bond donors (Lipinski definition) is 2. The number of hydrogen-bond acceptors (Lipinski definition) is 4. The number of carbonyl (C=O) groups is 1. The summed E-state index contributed by atoms with van der Waals surface area (Å²) in [6, 6.07) is 17.5. The molecule has 1 amide bonds. The Kier molecular flexibility index (Phi) is 7.04. The van der Waals surface area contributed by atoms with E-state index in [9.17, 15) is 13.2 Å². The second-order valence-corrected chi connectivity index (χ2v) is 9.71. The van der Waals surface area contributed by atoms with Gasteiger partial charge in [0.2, 0.25) is 15.9 Å². The third-order valence-corrected chi connectivity index (χ3v) is 7.25. The van der Waals surface area contributed by atoms with Gasteiger partial charge in [0.1, 0.15) is 0 Å². The molecule has 3 aromatic rings. The molecule has 1 fully saturated rings. The van der Waals surface area contributed by atoms with E-state index in [2.05, 4.69) is 16.4 Å². The van der Waals surface area contributed by atoms with Crippen molar-refractivity contribution in [2.45, 2.75) is 6.42 Å². The van der Waals surface area contributed by atoms with Crippen LogP contribution in [0.15, 0.2) is 66.2 Å². The molecule has 0 bridgehead atoms. The van der Waals surface area contributed by atoms with Gasteiger partial charge in [-0.15, -0.1) is 0 Å². The number of carbonyl (C=O) groups excluding carboxylic acids is 1.